The summed E-state index contributed by atoms with van der Waals surface area (Å²) in [7, 11) is 1.64. The second-order valence-corrected chi connectivity index (χ2v) is 3.02. The van der Waals surface area contributed by atoms with Crippen molar-refractivity contribution >= 4 is 5.76 Å². The van der Waals surface area contributed by atoms with Crippen molar-refractivity contribution in [2.24, 2.45) is 0 Å². The summed E-state index contributed by atoms with van der Waals surface area (Å²) in [6.45, 7) is 8.08. The van der Waals surface area contributed by atoms with Crippen LogP contribution in [-0.4, -0.2) is 11.7 Å². The van der Waals surface area contributed by atoms with Crippen LogP contribution in [0.25, 0.3) is 5.76 Å². The van der Waals surface area contributed by atoms with Crippen LogP contribution < -0.4 is 0 Å². The molecule has 0 amide bonds. The molecule has 1 heterocycles. The molecule has 0 aliphatic heterocycles. The first-order valence-electron chi connectivity index (χ1n) is 4.07. The minimum Gasteiger partial charge on any atom is -0.495 e. The fraction of sp³-hybridized carbons (Fsp3) is 0.400. The molecule has 1 rings (SSSR count). The fourth-order valence-electron chi connectivity index (χ4n) is 1.19. The Morgan fingerprint density at radius 3 is 2.75 bits per heavy atom. The van der Waals surface area contributed by atoms with Gasteiger partial charge in [-0.25, -0.2) is 0 Å². The maximum atomic E-state index is 5.07. The minimum absolute atomic E-state index is 0.446. The smallest absolute Gasteiger partial charge is 0.135 e. The lowest BCUT2D eigenvalue weighted by Crippen LogP contribution is -2.03. The molecule has 2 nitrogen and oxygen atoms in total. The Morgan fingerprint density at radius 2 is 2.25 bits per heavy atom. The van der Waals surface area contributed by atoms with Crippen LogP contribution in [0.4, 0.5) is 0 Å². The number of hydrogen-bond donors (Lipinski definition) is 0. The average Bonchev–Trinajstić information content (AvgIpc) is 2.50. The fourth-order valence-corrected chi connectivity index (χ4v) is 1.19. The highest BCUT2D eigenvalue weighted by atomic mass is 16.5. The zero-order chi connectivity index (χ0) is 9.14. The number of rotatable bonds is 3. The Morgan fingerprint density at radius 1 is 1.58 bits per heavy atom. The number of methoxy groups -OCH3 is 1. The Bertz CT molecular complexity index is 273. The van der Waals surface area contributed by atoms with Gasteiger partial charge in [0, 0.05) is 12.2 Å². The molecule has 0 aliphatic rings. The first kappa shape index (κ1) is 8.91. The third-order valence-corrected chi connectivity index (χ3v) is 1.87. The summed E-state index contributed by atoms with van der Waals surface area (Å²) >= 11 is 0. The van der Waals surface area contributed by atoms with Crippen LogP contribution in [0.5, 0.6) is 0 Å². The molecule has 0 bridgehead atoms. The van der Waals surface area contributed by atoms with Crippen molar-refractivity contribution in [1.82, 2.24) is 4.57 Å². The second kappa shape index (κ2) is 3.48. The van der Waals surface area contributed by atoms with E-state index in [9.17, 15) is 0 Å². The third-order valence-electron chi connectivity index (χ3n) is 1.87. The highest BCUT2D eigenvalue weighted by molar-refractivity contribution is 5.54. The Hall–Kier alpha value is -1.18. The summed E-state index contributed by atoms with van der Waals surface area (Å²) in [5.41, 5.74) is 1.05. The molecule has 0 radical (unpaired) electrons. The van der Waals surface area contributed by atoms with Crippen LogP contribution >= 0.6 is 0 Å². The second-order valence-electron chi connectivity index (χ2n) is 3.02. The normalized spacial score (nSPS) is 10.3. The maximum Gasteiger partial charge on any atom is 0.135 e. The van der Waals surface area contributed by atoms with Gasteiger partial charge >= 0.3 is 0 Å². The third kappa shape index (κ3) is 1.52. The number of hydrogen-bond acceptors (Lipinski definition) is 1. The summed E-state index contributed by atoms with van der Waals surface area (Å²) in [4.78, 5) is 0. The van der Waals surface area contributed by atoms with E-state index in [1.54, 1.807) is 7.11 Å². The van der Waals surface area contributed by atoms with Crippen molar-refractivity contribution in [1.29, 1.82) is 0 Å². The molecule has 0 atom stereocenters. The lowest BCUT2D eigenvalue weighted by molar-refractivity contribution is 0.365. The molecular formula is C10H15NO. The van der Waals surface area contributed by atoms with Gasteiger partial charge < -0.3 is 9.30 Å². The molecule has 0 saturated carbocycles. The van der Waals surface area contributed by atoms with Crippen LogP contribution in [0.15, 0.2) is 24.9 Å². The van der Waals surface area contributed by atoms with Gasteiger partial charge in [-0.05, 0) is 26.0 Å². The van der Waals surface area contributed by atoms with Gasteiger partial charge in [0.05, 0.1) is 12.8 Å². The van der Waals surface area contributed by atoms with E-state index in [0.29, 0.717) is 11.8 Å². The van der Waals surface area contributed by atoms with Gasteiger partial charge in [0.2, 0.25) is 0 Å². The Labute approximate surface area is 73.5 Å². The summed E-state index contributed by atoms with van der Waals surface area (Å²) in [5.74, 6) is 0.716. The summed E-state index contributed by atoms with van der Waals surface area (Å²) in [6, 6.07) is 4.45. The Balaban J connectivity index is 2.99. The summed E-state index contributed by atoms with van der Waals surface area (Å²) in [6.07, 6.45) is 2.03. The van der Waals surface area contributed by atoms with E-state index in [4.69, 9.17) is 4.74 Å². The lowest BCUT2D eigenvalue weighted by atomic mass is 10.3. The molecule has 0 N–H and O–H groups in total. The summed E-state index contributed by atoms with van der Waals surface area (Å²) < 4.78 is 7.20. The van der Waals surface area contributed by atoms with Gasteiger partial charge in [-0.15, -0.1) is 0 Å². The Kier molecular flexibility index (Phi) is 2.58. The van der Waals surface area contributed by atoms with Gasteiger partial charge in [0.1, 0.15) is 5.76 Å². The highest BCUT2D eigenvalue weighted by Gasteiger charge is 2.06. The van der Waals surface area contributed by atoms with Gasteiger partial charge in [0.25, 0.3) is 0 Å². The molecule has 0 unspecified atom stereocenters. The van der Waals surface area contributed by atoms with Crippen molar-refractivity contribution < 1.29 is 4.74 Å². The first-order valence-corrected chi connectivity index (χ1v) is 4.07. The SMILES string of the molecule is C=C(OC)c1cccn1C(C)C. The van der Waals surface area contributed by atoms with E-state index in [1.807, 2.05) is 18.3 Å². The predicted octanol–water partition coefficient (Wildman–Crippen LogP) is 2.69. The highest BCUT2D eigenvalue weighted by Crippen LogP contribution is 2.17. The van der Waals surface area contributed by atoms with Crippen molar-refractivity contribution in [2.45, 2.75) is 19.9 Å². The minimum atomic E-state index is 0.446. The molecule has 0 aromatic carbocycles. The van der Waals surface area contributed by atoms with E-state index in [2.05, 4.69) is 25.0 Å². The molecule has 2 heteroatoms. The molecule has 1 aromatic rings. The molecule has 0 spiro atoms. The molecule has 12 heavy (non-hydrogen) atoms. The molecule has 1 aromatic heterocycles. The van der Waals surface area contributed by atoms with Crippen molar-refractivity contribution in [3.8, 4) is 0 Å². The monoisotopic (exact) mass is 165 g/mol. The maximum absolute atomic E-state index is 5.07. The van der Waals surface area contributed by atoms with Crippen molar-refractivity contribution in [3.05, 3.63) is 30.6 Å². The van der Waals surface area contributed by atoms with Gasteiger partial charge in [-0.3, -0.25) is 0 Å². The molecule has 0 aliphatic carbocycles. The van der Waals surface area contributed by atoms with E-state index < -0.39 is 0 Å². The van der Waals surface area contributed by atoms with Gasteiger partial charge in [0.15, 0.2) is 0 Å². The van der Waals surface area contributed by atoms with E-state index in [1.165, 1.54) is 0 Å². The molecule has 0 fully saturated rings. The predicted molar refractivity (Wildman–Crippen MR) is 50.9 cm³/mol. The topological polar surface area (TPSA) is 14.2 Å². The van der Waals surface area contributed by atoms with Crippen LogP contribution in [0, 0.1) is 0 Å². The zero-order valence-corrected chi connectivity index (χ0v) is 7.87. The van der Waals surface area contributed by atoms with Crippen LogP contribution in [0.1, 0.15) is 25.6 Å². The number of nitrogens with zero attached hydrogens (tertiary/aromatic N) is 1. The van der Waals surface area contributed by atoms with Gasteiger partial charge in [-0.2, -0.15) is 0 Å². The molecule has 0 saturated heterocycles. The first-order chi connectivity index (χ1) is 5.66. The summed E-state index contributed by atoms with van der Waals surface area (Å²) in [5, 5.41) is 0. The molecule has 66 valence electrons. The van der Waals surface area contributed by atoms with E-state index in [-0.39, 0.29) is 0 Å². The number of aromatic nitrogens is 1. The zero-order valence-electron chi connectivity index (χ0n) is 7.87. The molecular weight excluding hydrogens is 150 g/mol. The van der Waals surface area contributed by atoms with Gasteiger partial charge in [-0.1, -0.05) is 6.58 Å². The van der Waals surface area contributed by atoms with Crippen LogP contribution in [-0.2, 0) is 4.74 Å². The lowest BCUT2D eigenvalue weighted by Gasteiger charge is -2.13. The average molecular weight is 165 g/mol. The number of ether oxygens (including phenoxy) is 1. The largest absolute Gasteiger partial charge is 0.495 e. The quantitative estimate of drug-likeness (QED) is 0.628. The van der Waals surface area contributed by atoms with Crippen LogP contribution in [0.2, 0.25) is 0 Å². The van der Waals surface area contributed by atoms with Crippen molar-refractivity contribution in [2.75, 3.05) is 7.11 Å². The van der Waals surface area contributed by atoms with E-state index >= 15 is 0 Å². The standard InChI is InChI=1S/C10H15NO/c1-8(2)11-7-5-6-10(11)9(3)12-4/h5-8H,3H2,1-2,4H3. The van der Waals surface area contributed by atoms with Crippen LogP contribution in [0.3, 0.4) is 0 Å². The van der Waals surface area contributed by atoms with Crippen molar-refractivity contribution in [3.63, 3.8) is 0 Å². The van der Waals surface area contributed by atoms with E-state index in [0.717, 1.165) is 5.69 Å².